The Labute approximate surface area is 422 Å². The van der Waals surface area contributed by atoms with Crippen LogP contribution in [-0.2, 0) is 21.7 Å². The molecule has 0 aromatic heterocycles. The van der Waals surface area contributed by atoms with Crippen LogP contribution in [0.1, 0.15) is 105 Å². The molecule has 0 N–H and O–H groups in total. The largest absolute Gasteiger partial charge is 0.311 e. The highest BCUT2D eigenvalue weighted by Gasteiger charge is 2.45. The first-order valence-electron chi connectivity index (χ1n) is 25.8. The molecule has 0 aliphatic carbocycles. The Hall–Kier alpha value is -7.10. The molecule has 350 valence electrons. The van der Waals surface area contributed by atoms with Crippen molar-refractivity contribution in [1.29, 1.82) is 0 Å². The van der Waals surface area contributed by atoms with Crippen molar-refractivity contribution < 1.29 is 0 Å². The van der Waals surface area contributed by atoms with Crippen LogP contribution in [0.2, 0.25) is 0 Å². The van der Waals surface area contributed by atoms with E-state index in [0.29, 0.717) is 0 Å². The maximum atomic E-state index is 2.68. The van der Waals surface area contributed by atoms with Gasteiger partial charge in [-0.15, -0.1) is 0 Å². The van der Waals surface area contributed by atoms with Crippen molar-refractivity contribution in [2.45, 2.75) is 105 Å². The monoisotopic (exact) mass is 921 g/mol. The van der Waals surface area contributed by atoms with Gasteiger partial charge in [-0.2, -0.15) is 0 Å². The van der Waals surface area contributed by atoms with Gasteiger partial charge >= 0.3 is 0 Å². The highest BCUT2D eigenvalue weighted by Crippen LogP contribution is 2.51. The second-order valence-corrected chi connectivity index (χ2v) is 24.7. The van der Waals surface area contributed by atoms with Crippen LogP contribution >= 0.6 is 0 Å². The molecule has 0 unspecified atom stereocenters. The number of fused-ring (bicyclic) bond motifs is 10. The Bertz CT molecular complexity index is 3580. The molecule has 0 fully saturated rings. The average Bonchev–Trinajstić information content (AvgIpc) is 3.33. The van der Waals surface area contributed by atoms with E-state index >= 15 is 0 Å². The fourth-order valence-electron chi connectivity index (χ4n) is 11.6. The number of anilines is 6. The molecule has 10 aromatic carbocycles. The van der Waals surface area contributed by atoms with E-state index in [0.717, 1.165) is 0 Å². The minimum absolute atomic E-state index is 0.0435. The van der Waals surface area contributed by atoms with Gasteiger partial charge in [0.2, 0.25) is 0 Å². The van der Waals surface area contributed by atoms with Crippen LogP contribution in [0.3, 0.4) is 0 Å². The zero-order valence-corrected chi connectivity index (χ0v) is 43.7. The highest BCUT2D eigenvalue weighted by atomic mass is 15.2. The van der Waals surface area contributed by atoms with Gasteiger partial charge in [-0.25, -0.2) is 0 Å². The van der Waals surface area contributed by atoms with Crippen molar-refractivity contribution in [3.8, 4) is 11.1 Å². The van der Waals surface area contributed by atoms with E-state index in [9.17, 15) is 0 Å². The molecule has 2 heterocycles. The maximum absolute atomic E-state index is 2.68. The summed E-state index contributed by atoms with van der Waals surface area (Å²) in [7, 11) is 0. The van der Waals surface area contributed by atoms with Crippen LogP contribution < -0.4 is 26.2 Å². The van der Waals surface area contributed by atoms with Crippen LogP contribution in [0, 0.1) is 0 Å². The van der Waals surface area contributed by atoms with Crippen molar-refractivity contribution in [3.05, 3.63) is 198 Å². The highest BCUT2D eigenvalue weighted by molar-refractivity contribution is 7.00. The number of hydrogen-bond acceptors (Lipinski definition) is 2. The molecule has 71 heavy (non-hydrogen) atoms. The first-order chi connectivity index (χ1) is 33.7. The van der Waals surface area contributed by atoms with E-state index in [2.05, 4.69) is 269 Å². The molecule has 0 atom stereocenters. The number of nitrogens with zero attached hydrogens (tertiary/aromatic N) is 2. The van der Waals surface area contributed by atoms with Gasteiger partial charge in [0, 0.05) is 44.9 Å². The summed E-state index contributed by atoms with van der Waals surface area (Å²) in [6, 6.07) is 68.2. The fraction of sp³-hybridized carbons (Fsp3) is 0.235. The van der Waals surface area contributed by atoms with Crippen LogP contribution in [0.5, 0.6) is 0 Å². The van der Waals surface area contributed by atoms with Gasteiger partial charge in [0.1, 0.15) is 0 Å². The Balaban J connectivity index is 1.29. The van der Waals surface area contributed by atoms with Gasteiger partial charge in [0.05, 0.1) is 0 Å². The van der Waals surface area contributed by atoms with Crippen LogP contribution in [0.25, 0.3) is 54.2 Å². The summed E-state index contributed by atoms with van der Waals surface area (Å²) in [4.78, 5) is 5.36. The Morgan fingerprint density at radius 3 is 1.15 bits per heavy atom. The predicted molar refractivity (Wildman–Crippen MR) is 311 cm³/mol. The molecule has 2 aliphatic heterocycles. The summed E-state index contributed by atoms with van der Waals surface area (Å²) >= 11 is 0. The maximum Gasteiger partial charge on any atom is 0.252 e. The van der Waals surface area contributed by atoms with Crippen molar-refractivity contribution in [2.75, 3.05) is 9.80 Å². The van der Waals surface area contributed by atoms with E-state index in [-0.39, 0.29) is 28.4 Å². The van der Waals surface area contributed by atoms with E-state index < -0.39 is 0 Å². The molecule has 3 heteroatoms. The molecular formula is C68H65BN2. The third-order valence-electron chi connectivity index (χ3n) is 15.7. The smallest absolute Gasteiger partial charge is 0.252 e. The molecular weight excluding hydrogens is 856 g/mol. The lowest BCUT2D eigenvalue weighted by atomic mass is 9.33. The van der Waals surface area contributed by atoms with Crippen LogP contribution in [-0.4, -0.2) is 6.71 Å². The molecule has 10 aromatic rings. The lowest BCUT2D eigenvalue weighted by Gasteiger charge is -2.46. The summed E-state index contributed by atoms with van der Waals surface area (Å²) in [6.45, 7) is 28.3. The number of hydrogen-bond donors (Lipinski definition) is 0. The lowest BCUT2D eigenvalue weighted by Crippen LogP contribution is -2.61. The molecule has 0 saturated carbocycles. The summed E-state index contributed by atoms with van der Waals surface area (Å²) in [6.07, 6.45) is 0. The Morgan fingerprint density at radius 2 is 0.718 bits per heavy atom. The van der Waals surface area contributed by atoms with E-state index in [4.69, 9.17) is 0 Å². The molecule has 0 spiro atoms. The summed E-state index contributed by atoms with van der Waals surface area (Å²) in [5.41, 5.74) is 18.8. The minimum atomic E-state index is -0.0808. The molecule has 0 radical (unpaired) electrons. The minimum Gasteiger partial charge on any atom is -0.311 e. The normalized spacial score (nSPS) is 13.8. The van der Waals surface area contributed by atoms with Crippen LogP contribution in [0.4, 0.5) is 34.1 Å². The predicted octanol–water partition coefficient (Wildman–Crippen LogP) is 17.2. The Morgan fingerprint density at radius 1 is 0.324 bits per heavy atom. The molecule has 12 rings (SSSR count). The van der Waals surface area contributed by atoms with Crippen molar-refractivity contribution >= 4 is 100 Å². The average molecular weight is 921 g/mol. The Kier molecular flexibility index (Phi) is 9.97. The lowest BCUT2D eigenvalue weighted by molar-refractivity contribution is 0.568. The van der Waals surface area contributed by atoms with Crippen molar-refractivity contribution in [3.63, 3.8) is 0 Å². The molecule has 0 bridgehead atoms. The summed E-state index contributed by atoms with van der Waals surface area (Å²) in [5, 5.41) is 10.0. The van der Waals surface area contributed by atoms with Gasteiger partial charge in [-0.1, -0.05) is 210 Å². The van der Waals surface area contributed by atoms with Gasteiger partial charge in [-0.3, -0.25) is 0 Å². The quantitative estimate of drug-likeness (QED) is 0.129. The number of benzene rings is 10. The van der Waals surface area contributed by atoms with Gasteiger partial charge in [-0.05, 0) is 152 Å². The van der Waals surface area contributed by atoms with E-state index in [1.54, 1.807) is 0 Å². The van der Waals surface area contributed by atoms with Gasteiger partial charge < -0.3 is 9.80 Å². The topological polar surface area (TPSA) is 6.48 Å². The standard InChI is InChI=1S/C68H65BN2/c1-65(2,3)48-36-49(66(4,5)6)39-52(38-48)70-60-34-47(54-27-19-24-46-32-44-22-13-14-23-45(44)33-57(46)54)35-61-62(60)69(58-30-28-42-20-15-17-25-55(42)63(58)70)59-31-29-43-21-16-18-26-56(43)64(59)71(61)53-40-50(67(7,8)9)37-51(41-53)68(10,11)12/h13-41H,1-12H3. The van der Waals surface area contributed by atoms with Crippen molar-refractivity contribution in [1.82, 2.24) is 0 Å². The van der Waals surface area contributed by atoms with Gasteiger partial charge in [0.25, 0.3) is 6.71 Å². The summed E-state index contributed by atoms with van der Waals surface area (Å²) < 4.78 is 0. The molecule has 0 amide bonds. The zero-order valence-electron chi connectivity index (χ0n) is 43.7. The first-order valence-corrected chi connectivity index (χ1v) is 25.8. The number of rotatable bonds is 3. The SMILES string of the molecule is CC(C)(C)c1cc(N2c3cc(-c4cccc5cc6ccccc6cc45)cc4c3B(c3ccc5ccccc5c32)c2ccc3ccccc3c2N4c2cc(C(C)(C)C)cc(C(C)(C)C)c2)cc(C(C)(C)C)c1. The zero-order chi connectivity index (χ0) is 49.5. The van der Waals surface area contributed by atoms with Gasteiger partial charge in [0.15, 0.2) is 0 Å². The molecule has 2 aliphatic rings. The van der Waals surface area contributed by atoms with Crippen LogP contribution in [0.15, 0.2) is 176 Å². The molecule has 0 saturated heterocycles. The second kappa shape index (κ2) is 15.7. The fourth-order valence-corrected chi connectivity index (χ4v) is 11.6. The van der Waals surface area contributed by atoms with E-state index in [1.807, 2.05) is 0 Å². The molecule has 2 nitrogen and oxygen atoms in total. The third kappa shape index (κ3) is 7.37. The van der Waals surface area contributed by atoms with Crippen molar-refractivity contribution in [2.24, 2.45) is 0 Å². The summed E-state index contributed by atoms with van der Waals surface area (Å²) in [5.74, 6) is 0. The second-order valence-electron chi connectivity index (χ2n) is 24.7. The first kappa shape index (κ1) is 45.1. The third-order valence-corrected chi connectivity index (χ3v) is 15.7. The van der Waals surface area contributed by atoms with E-state index in [1.165, 1.54) is 127 Å².